The molecule has 0 saturated heterocycles. The average Bonchev–Trinajstić information content (AvgIpc) is 3.69. The van der Waals surface area contributed by atoms with E-state index in [2.05, 4.69) is 188 Å². The summed E-state index contributed by atoms with van der Waals surface area (Å²) in [6.07, 6.45) is 0. The molecule has 0 N–H and O–H groups in total. The zero-order valence-electron chi connectivity index (χ0n) is 30.8. The summed E-state index contributed by atoms with van der Waals surface area (Å²) in [5, 5.41) is 6.12. The summed E-state index contributed by atoms with van der Waals surface area (Å²) < 4.78 is 2.49. The Bertz CT molecular complexity index is 3260. The molecule has 3 heterocycles. The number of fused-ring (bicyclic) bond motifs is 7. The van der Waals surface area contributed by atoms with E-state index in [-0.39, 0.29) is 0 Å². The first-order chi connectivity index (χ1) is 28.2. The van der Waals surface area contributed by atoms with Crippen LogP contribution in [0, 0.1) is 0 Å². The molecule has 3 aromatic heterocycles. The van der Waals surface area contributed by atoms with Crippen LogP contribution in [-0.4, -0.2) is 15.0 Å². The minimum Gasteiger partial charge on any atom is -0.246 e. The molecule has 0 spiro atoms. The number of nitrogens with zero attached hydrogens (tertiary/aromatic N) is 3. The first-order valence-corrected chi connectivity index (χ1v) is 20.0. The lowest BCUT2D eigenvalue weighted by Gasteiger charge is -2.12. The standard InChI is InChI=1S/C53H33N3S/c1-3-12-34(13-4-1)35-22-26-39(27-23-35)47-33-46(38-15-5-2-6-16-38)54-53(55-47)40-28-24-36(25-29-40)41-17-11-18-42(32-41)50-52-49(44-20-9-10-21-48(44)57-52)45-31-30-37-14-7-8-19-43(37)51(45)56-50/h1-33H. The Hall–Kier alpha value is -7.27. The van der Waals surface area contributed by atoms with Crippen molar-refractivity contribution in [2.75, 3.05) is 0 Å². The number of thiophene rings is 1. The van der Waals surface area contributed by atoms with Crippen molar-refractivity contribution in [3.8, 4) is 67.4 Å². The summed E-state index contributed by atoms with van der Waals surface area (Å²) in [6, 6.07) is 70.7. The van der Waals surface area contributed by atoms with Gasteiger partial charge in [-0.2, -0.15) is 0 Å². The highest BCUT2D eigenvalue weighted by Gasteiger charge is 2.18. The Balaban J connectivity index is 0.991. The summed E-state index contributed by atoms with van der Waals surface area (Å²) in [7, 11) is 0. The van der Waals surface area contributed by atoms with E-state index in [9.17, 15) is 0 Å². The van der Waals surface area contributed by atoms with Gasteiger partial charge in [-0.15, -0.1) is 11.3 Å². The molecular weight excluding hydrogens is 711 g/mol. The maximum Gasteiger partial charge on any atom is 0.160 e. The molecule has 0 aliphatic carbocycles. The van der Waals surface area contributed by atoms with Crippen molar-refractivity contribution in [1.29, 1.82) is 0 Å². The third-order valence-electron chi connectivity index (χ3n) is 10.9. The van der Waals surface area contributed by atoms with Gasteiger partial charge in [0.05, 0.1) is 27.3 Å². The number of hydrogen-bond donors (Lipinski definition) is 0. The number of rotatable bonds is 6. The van der Waals surface area contributed by atoms with E-state index in [0.717, 1.165) is 56.0 Å². The van der Waals surface area contributed by atoms with Gasteiger partial charge in [0.1, 0.15) is 0 Å². The molecular formula is C53H33N3S. The molecule has 11 aromatic rings. The van der Waals surface area contributed by atoms with Gasteiger partial charge in [-0.25, -0.2) is 15.0 Å². The lowest BCUT2D eigenvalue weighted by Crippen LogP contribution is -1.96. The van der Waals surface area contributed by atoms with Crippen molar-refractivity contribution in [3.05, 3.63) is 200 Å². The number of pyridine rings is 1. The summed E-state index contributed by atoms with van der Waals surface area (Å²) in [6.45, 7) is 0. The fourth-order valence-electron chi connectivity index (χ4n) is 8.02. The van der Waals surface area contributed by atoms with Crippen molar-refractivity contribution in [2.24, 2.45) is 0 Å². The minimum absolute atomic E-state index is 0.693. The molecule has 0 aliphatic rings. The van der Waals surface area contributed by atoms with Crippen molar-refractivity contribution < 1.29 is 0 Å². The molecule has 0 unspecified atom stereocenters. The van der Waals surface area contributed by atoms with Crippen LogP contribution in [0.5, 0.6) is 0 Å². The summed E-state index contributed by atoms with van der Waals surface area (Å²) in [5.74, 6) is 0.693. The molecule has 0 aliphatic heterocycles. The zero-order chi connectivity index (χ0) is 37.7. The minimum atomic E-state index is 0.693. The quantitative estimate of drug-likeness (QED) is 0.159. The normalized spacial score (nSPS) is 11.5. The van der Waals surface area contributed by atoms with Crippen molar-refractivity contribution >= 4 is 53.2 Å². The first-order valence-electron chi connectivity index (χ1n) is 19.2. The van der Waals surface area contributed by atoms with E-state index in [1.165, 1.54) is 47.5 Å². The highest BCUT2D eigenvalue weighted by atomic mass is 32.1. The molecule has 0 bridgehead atoms. The van der Waals surface area contributed by atoms with Gasteiger partial charge in [0, 0.05) is 48.5 Å². The fraction of sp³-hybridized carbons (Fsp3) is 0. The monoisotopic (exact) mass is 743 g/mol. The average molecular weight is 744 g/mol. The molecule has 0 radical (unpaired) electrons. The SMILES string of the molecule is c1ccc(-c2ccc(-c3cc(-c4ccccc4)nc(-c4ccc(-c5cccc(-c6nc7c8ccccc8ccc7c7c6sc6ccccc67)c5)cc4)n3)cc2)cc1. The maximum atomic E-state index is 5.47. The van der Waals surface area contributed by atoms with Crippen LogP contribution in [0.4, 0.5) is 0 Å². The van der Waals surface area contributed by atoms with Gasteiger partial charge in [0.25, 0.3) is 0 Å². The van der Waals surface area contributed by atoms with Gasteiger partial charge in [-0.05, 0) is 45.8 Å². The highest BCUT2D eigenvalue weighted by Crippen LogP contribution is 2.44. The van der Waals surface area contributed by atoms with Gasteiger partial charge >= 0.3 is 0 Å². The first kappa shape index (κ1) is 33.1. The van der Waals surface area contributed by atoms with E-state index >= 15 is 0 Å². The lowest BCUT2D eigenvalue weighted by atomic mass is 9.97. The topological polar surface area (TPSA) is 38.7 Å². The Morgan fingerprint density at radius 1 is 0.333 bits per heavy atom. The van der Waals surface area contributed by atoms with Crippen LogP contribution >= 0.6 is 11.3 Å². The van der Waals surface area contributed by atoms with Crippen LogP contribution in [0.15, 0.2) is 200 Å². The molecule has 4 heteroatoms. The third kappa shape index (κ3) is 5.95. The second kappa shape index (κ2) is 13.8. The van der Waals surface area contributed by atoms with E-state index in [0.29, 0.717) is 5.82 Å². The lowest BCUT2D eigenvalue weighted by molar-refractivity contribution is 1.18. The third-order valence-corrected chi connectivity index (χ3v) is 12.1. The number of benzene rings is 8. The van der Waals surface area contributed by atoms with Crippen molar-refractivity contribution in [1.82, 2.24) is 15.0 Å². The zero-order valence-corrected chi connectivity index (χ0v) is 31.6. The number of aromatic nitrogens is 3. The molecule has 266 valence electrons. The van der Waals surface area contributed by atoms with Crippen molar-refractivity contribution in [2.45, 2.75) is 0 Å². The molecule has 8 aromatic carbocycles. The van der Waals surface area contributed by atoms with E-state index in [1.807, 2.05) is 23.5 Å². The maximum absolute atomic E-state index is 5.47. The largest absolute Gasteiger partial charge is 0.246 e. The van der Waals surface area contributed by atoms with Gasteiger partial charge < -0.3 is 0 Å². The van der Waals surface area contributed by atoms with Crippen LogP contribution in [0.2, 0.25) is 0 Å². The van der Waals surface area contributed by atoms with Crippen LogP contribution in [0.1, 0.15) is 0 Å². The highest BCUT2D eigenvalue weighted by molar-refractivity contribution is 7.26. The van der Waals surface area contributed by atoms with E-state index < -0.39 is 0 Å². The van der Waals surface area contributed by atoms with Gasteiger partial charge in [0.2, 0.25) is 0 Å². The Labute approximate surface area is 334 Å². The predicted octanol–water partition coefficient (Wildman–Crippen LogP) is 14.5. The summed E-state index contributed by atoms with van der Waals surface area (Å²) >= 11 is 1.83. The molecule has 11 rings (SSSR count). The second-order valence-corrected chi connectivity index (χ2v) is 15.4. The summed E-state index contributed by atoms with van der Waals surface area (Å²) in [5.41, 5.74) is 12.6. The Morgan fingerprint density at radius 3 is 1.63 bits per heavy atom. The predicted molar refractivity (Wildman–Crippen MR) is 240 cm³/mol. The van der Waals surface area contributed by atoms with Crippen LogP contribution in [0.3, 0.4) is 0 Å². The molecule has 0 atom stereocenters. The molecule has 0 amide bonds. The van der Waals surface area contributed by atoms with Crippen LogP contribution < -0.4 is 0 Å². The summed E-state index contributed by atoms with van der Waals surface area (Å²) in [4.78, 5) is 15.7. The molecule has 57 heavy (non-hydrogen) atoms. The smallest absolute Gasteiger partial charge is 0.160 e. The van der Waals surface area contributed by atoms with E-state index in [1.54, 1.807) is 0 Å². The number of hydrogen-bond acceptors (Lipinski definition) is 4. The Morgan fingerprint density at radius 2 is 0.877 bits per heavy atom. The van der Waals surface area contributed by atoms with Crippen LogP contribution in [0.25, 0.3) is 109 Å². The molecule has 0 fully saturated rings. The van der Waals surface area contributed by atoms with Crippen LogP contribution in [-0.2, 0) is 0 Å². The fourth-order valence-corrected chi connectivity index (χ4v) is 9.25. The Kier molecular flexibility index (Phi) is 8.01. The van der Waals surface area contributed by atoms with Gasteiger partial charge in [-0.3, -0.25) is 0 Å². The van der Waals surface area contributed by atoms with Crippen molar-refractivity contribution in [3.63, 3.8) is 0 Å². The molecule has 0 saturated carbocycles. The molecule has 3 nitrogen and oxygen atoms in total. The second-order valence-electron chi connectivity index (χ2n) is 14.4. The van der Waals surface area contributed by atoms with E-state index in [4.69, 9.17) is 15.0 Å². The van der Waals surface area contributed by atoms with Gasteiger partial charge in [-0.1, -0.05) is 182 Å². The van der Waals surface area contributed by atoms with Gasteiger partial charge in [0.15, 0.2) is 5.82 Å².